The molecule has 0 bridgehead atoms. The molecule has 1 atom stereocenters. The van der Waals surface area contributed by atoms with E-state index in [-0.39, 0.29) is 6.61 Å². The third-order valence-corrected chi connectivity index (χ3v) is 1.66. The number of esters is 2. The molecule has 0 fully saturated rings. The molecule has 0 aliphatic heterocycles. The summed E-state index contributed by atoms with van der Waals surface area (Å²) in [7, 11) is 0. The van der Waals surface area contributed by atoms with E-state index in [0.29, 0.717) is 18.5 Å². The largest absolute Gasteiger partial charge is 0.461 e. The van der Waals surface area contributed by atoms with Crippen LogP contribution >= 0.6 is 0 Å². The molecule has 6 heteroatoms. The molecule has 110 valence electrons. The predicted octanol–water partition coefficient (Wildman–Crippen LogP) is 0.898. The topological polar surface area (TPSA) is 98.8 Å². The van der Waals surface area contributed by atoms with E-state index in [4.69, 9.17) is 10.8 Å². The number of ether oxygens (including phenoxy) is 2. The molecule has 0 amide bonds. The molecule has 0 saturated heterocycles. The second kappa shape index (κ2) is 12.8. The van der Waals surface area contributed by atoms with E-state index >= 15 is 0 Å². The van der Waals surface area contributed by atoms with Gasteiger partial charge in [-0.2, -0.15) is 0 Å². The van der Waals surface area contributed by atoms with Crippen LogP contribution < -0.4 is 5.73 Å². The predicted molar refractivity (Wildman–Crippen MR) is 72.0 cm³/mol. The van der Waals surface area contributed by atoms with Gasteiger partial charge in [-0.25, -0.2) is 9.59 Å². The fraction of sp³-hybridized carbons (Fsp3) is 0.538. The lowest BCUT2D eigenvalue weighted by molar-refractivity contribution is -0.163. The molecule has 1 unspecified atom stereocenters. The van der Waals surface area contributed by atoms with Crippen molar-refractivity contribution in [2.24, 2.45) is 5.73 Å². The molecule has 0 aromatic carbocycles. The van der Waals surface area contributed by atoms with E-state index in [0.717, 1.165) is 12.5 Å². The van der Waals surface area contributed by atoms with E-state index in [9.17, 15) is 9.59 Å². The zero-order valence-electron chi connectivity index (χ0n) is 11.6. The summed E-state index contributed by atoms with van der Waals surface area (Å²) in [6.45, 7) is 10.7. The highest BCUT2D eigenvalue weighted by Crippen LogP contribution is 2.01. The Hall–Kier alpha value is -1.66. The van der Waals surface area contributed by atoms with Crippen molar-refractivity contribution in [2.75, 3.05) is 13.2 Å². The average Bonchev–Trinajstić information content (AvgIpc) is 2.36. The summed E-state index contributed by atoms with van der Waals surface area (Å²) in [5, 5.41) is 8.98. The van der Waals surface area contributed by atoms with Gasteiger partial charge >= 0.3 is 11.9 Å². The van der Waals surface area contributed by atoms with Crippen LogP contribution in [0.5, 0.6) is 0 Å². The molecule has 0 radical (unpaired) electrons. The summed E-state index contributed by atoms with van der Waals surface area (Å²) in [6, 6.07) is 0. The zero-order chi connectivity index (χ0) is 15.3. The number of rotatable bonds is 7. The number of carbonyl (C=O) groups excluding carboxylic acids is 2. The summed E-state index contributed by atoms with van der Waals surface area (Å²) >= 11 is 0. The molecule has 3 N–H and O–H groups in total. The van der Waals surface area contributed by atoms with Gasteiger partial charge in [0.25, 0.3) is 0 Å². The van der Waals surface area contributed by atoms with Crippen molar-refractivity contribution in [3.63, 3.8) is 0 Å². The lowest BCUT2D eigenvalue weighted by Gasteiger charge is -2.09. The first kappa shape index (κ1) is 19.7. The average molecular weight is 273 g/mol. The molecule has 0 aliphatic rings. The summed E-state index contributed by atoms with van der Waals surface area (Å²) in [6.07, 6.45) is 1.38. The van der Waals surface area contributed by atoms with Crippen LogP contribution in [0.4, 0.5) is 0 Å². The number of carbonyl (C=O) groups is 2. The maximum atomic E-state index is 10.7. The van der Waals surface area contributed by atoms with Gasteiger partial charge in [0.2, 0.25) is 6.29 Å². The van der Waals surface area contributed by atoms with Gasteiger partial charge in [0.15, 0.2) is 0 Å². The normalized spacial score (nSPS) is 10.5. The Balaban J connectivity index is 0. The van der Waals surface area contributed by atoms with Gasteiger partial charge in [0.05, 0.1) is 0 Å². The van der Waals surface area contributed by atoms with E-state index in [2.05, 4.69) is 22.6 Å². The minimum absolute atomic E-state index is 0.269. The molecule has 0 aromatic heterocycles. The Kier molecular flexibility index (Phi) is 13.2. The first-order valence-corrected chi connectivity index (χ1v) is 5.92. The fourth-order valence-corrected chi connectivity index (χ4v) is 0.748. The third-order valence-electron chi connectivity index (χ3n) is 1.66. The Labute approximate surface area is 113 Å². The van der Waals surface area contributed by atoms with Crippen LogP contribution in [0.3, 0.4) is 0 Å². The molecule has 0 saturated carbocycles. The van der Waals surface area contributed by atoms with Gasteiger partial charge in [-0.05, 0) is 6.92 Å². The fourth-order valence-electron chi connectivity index (χ4n) is 0.748. The summed E-state index contributed by atoms with van der Waals surface area (Å²) in [4.78, 5) is 20.9. The maximum Gasteiger partial charge on any atom is 0.335 e. The zero-order valence-corrected chi connectivity index (χ0v) is 11.6. The van der Waals surface area contributed by atoms with Crippen molar-refractivity contribution in [1.29, 1.82) is 0 Å². The van der Waals surface area contributed by atoms with Crippen molar-refractivity contribution in [2.45, 2.75) is 33.0 Å². The lowest BCUT2D eigenvalue weighted by atomic mass is 10.3. The third kappa shape index (κ3) is 14.3. The van der Waals surface area contributed by atoms with Crippen molar-refractivity contribution < 1.29 is 24.2 Å². The first-order valence-electron chi connectivity index (χ1n) is 5.92. The molecule has 19 heavy (non-hydrogen) atoms. The molecular weight excluding hydrogens is 250 g/mol. The SMILES string of the molecule is C=C(C)C(=O)OC(O)CCC.C=CC(=O)OCCN. The van der Waals surface area contributed by atoms with Crippen molar-refractivity contribution in [1.82, 2.24) is 0 Å². The Morgan fingerprint density at radius 2 is 2.05 bits per heavy atom. The highest BCUT2D eigenvalue weighted by atomic mass is 16.6. The van der Waals surface area contributed by atoms with Crippen LogP contribution in [0.25, 0.3) is 0 Å². The smallest absolute Gasteiger partial charge is 0.335 e. The number of hydrogen-bond acceptors (Lipinski definition) is 6. The Morgan fingerprint density at radius 3 is 2.42 bits per heavy atom. The molecule has 0 rings (SSSR count). The number of aliphatic hydroxyl groups is 1. The van der Waals surface area contributed by atoms with Crippen LogP contribution in [0.2, 0.25) is 0 Å². The Bertz CT molecular complexity index is 301. The summed E-state index contributed by atoms with van der Waals surface area (Å²) in [5.74, 6) is -0.957. The monoisotopic (exact) mass is 273 g/mol. The molecule has 0 heterocycles. The summed E-state index contributed by atoms with van der Waals surface area (Å²) < 4.78 is 9.03. The highest BCUT2D eigenvalue weighted by molar-refractivity contribution is 5.86. The second-order valence-corrected chi connectivity index (χ2v) is 3.59. The number of nitrogens with two attached hydrogens (primary N) is 1. The number of aliphatic hydroxyl groups excluding tert-OH is 1. The highest BCUT2D eigenvalue weighted by Gasteiger charge is 2.09. The standard InChI is InChI=1S/C8H14O3.C5H9NO2/c1-4-5-7(9)11-8(10)6(2)3;1-2-5(7)8-4-3-6/h7,9H,2,4-5H2,1,3H3;2H,1,3-4,6H2. The molecule has 0 spiro atoms. The maximum absolute atomic E-state index is 10.7. The van der Waals surface area contributed by atoms with Crippen LogP contribution in [0, 0.1) is 0 Å². The van der Waals surface area contributed by atoms with Gasteiger partial charge in [-0.15, -0.1) is 0 Å². The second-order valence-electron chi connectivity index (χ2n) is 3.59. The quantitative estimate of drug-likeness (QED) is 0.406. The van der Waals surface area contributed by atoms with E-state index in [1.165, 1.54) is 0 Å². The molecule has 6 nitrogen and oxygen atoms in total. The van der Waals surface area contributed by atoms with Crippen LogP contribution in [0.1, 0.15) is 26.7 Å². The van der Waals surface area contributed by atoms with E-state index in [1.54, 1.807) is 6.92 Å². The Morgan fingerprint density at radius 1 is 1.47 bits per heavy atom. The van der Waals surface area contributed by atoms with E-state index in [1.807, 2.05) is 6.92 Å². The summed E-state index contributed by atoms with van der Waals surface area (Å²) in [5.41, 5.74) is 5.33. The van der Waals surface area contributed by atoms with Gasteiger partial charge in [0, 0.05) is 24.6 Å². The number of hydrogen-bond donors (Lipinski definition) is 2. The van der Waals surface area contributed by atoms with Crippen LogP contribution in [-0.2, 0) is 19.1 Å². The molecular formula is C13H23NO5. The minimum Gasteiger partial charge on any atom is -0.461 e. The minimum atomic E-state index is -0.982. The molecule has 0 aromatic rings. The van der Waals surface area contributed by atoms with Crippen LogP contribution in [-0.4, -0.2) is 36.5 Å². The van der Waals surface area contributed by atoms with Gasteiger partial charge in [0.1, 0.15) is 6.61 Å². The van der Waals surface area contributed by atoms with Gasteiger partial charge in [-0.3, -0.25) is 0 Å². The van der Waals surface area contributed by atoms with Gasteiger partial charge < -0.3 is 20.3 Å². The van der Waals surface area contributed by atoms with Crippen molar-refractivity contribution >= 4 is 11.9 Å². The van der Waals surface area contributed by atoms with E-state index < -0.39 is 18.2 Å². The van der Waals surface area contributed by atoms with Crippen LogP contribution in [0.15, 0.2) is 24.8 Å². The first-order chi connectivity index (χ1) is 8.88. The van der Waals surface area contributed by atoms with Crippen molar-refractivity contribution in [3.8, 4) is 0 Å². The molecule has 0 aliphatic carbocycles. The van der Waals surface area contributed by atoms with Crippen molar-refractivity contribution in [3.05, 3.63) is 24.8 Å². The lowest BCUT2D eigenvalue weighted by Crippen LogP contribution is -2.17. The van der Waals surface area contributed by atoms with Gasteiger partial charge in [-0.1, -0.05) is 26.5 Å².